The average Bonchev–Trinajstić information content (AvgIpc) is 2.20. The van der Waals surface area contributed by atoms with Gasteiger partial charge in [0.2, 0.25) is 0 Å². The number of rotatable bonds is 3. The van der Waals surface area contributed by atoms with Gasteiger partial charge in [-0.3, -0.25) is 4.79 Å². The summed E-state index contributed by atoms with van der Waals surface area (Å²) in [5, 5.41) is 8.80. The lowest BCUT2D eigenvalue weighted by molar-refractivity contribution is -0.138. The lowest BCUT2D eigenvalue weighted by Crippen LogP contribution is -2.08. The van der Waals surface area contributed by atoms with E-state index in [-0.39, 0.29) is 0 Å². The molecule has 1 unspecified atom stereocenters. The predicted octanol–water partition coefficient (Wildman–Crippen LogP) is 2.33. The summed E-state index contributed by atoms with van der Waals surface area (Å²) in [7, 11) is 1.43. The van der Waals surface area contributed by atoms with Gasteiger partial charge < -0.3 is 9.84 Å². The zero-order valence-corrected chi connectivity index (χ0v) is 8.87. The Morgan fingerprint density at radius 1 is 1.53 bits per heavy atom. The highest BCUT2D eigenvalue weighted by Crippen LogP contribution is 2.26. The monoisotopic (exact) mass is 212 g/mol. The van der Waals surface area contributed by atoms with Crippen LogP contribution in [0.4, 0.5) is 4.39 Å². The van der Waals surface area contributed by atoms with Crippen LogP contribution in [0.25, 0.3) is 0 Å². The predicted molar refractivity (Wildman–Crippen MR) is 53.7 cm³/mol. The first-order chi connectivity index (χ1) is 6.97. The van der Waals surface area contributed by atoms with E-state index in [1.165, 1.54) is 20.1 Å². The van der Waals surface area contributed by atoms with Crippen molar-refractivity contribution in [2.45, 2.75) is 19.8 Å². The second-order valence-corrected chi connectivity index (χ2v) is 3.39. The molecule has 82 valence electrons. The molecular formula is C11H13FO3. The lowest BCUT2D eigenvalue weighted by Gasteiger charge is -2.11. The number of benzene rings is 1. The van der Waals surface area contributed by atoms with Crippen molar-refractivity contribution < 1.29 is 19.0 Å². The van der Waals surface area contributed by atoms with Crippen molar-refractivity contribution in [2.24, 2.45) is 0 Å². The van der Waals surface area contributed by atoms with Gasteiger partial charge in [0.1, 0.15) is 11.6 Å². The summed E-state index contributed by atoms with van der Waals surface area (Å²) in [6, 6.07) is 2.79. The molecule has 0 spiro atoms. The molecule has 0 bridgehead atoms. The molecule has 0 aromatic heterocycles. The fourth-order valence-electron chi connectivity index (χ4n) is 1.28. The Kier molecular flexibility index (Phi) is 3.29. The minimum absolute atomic E-state index is 0.373. The largest absolute Gasteiger partial charge is 0.496 e. The molecule has 1 aromatic carbocycles. The summed E-state index contributed by atoms with van der Waals surface area (Å²) in [5.74, 6) is -1.80. The van der Waals surface area contributed by atoms with Crippen LogP contribution < -0.4 is 4.74 Å². The molecule has 0 heterocycles. The summed E-state index contributed by atoms with van der Waals surface area (Å²) in [4.78, 5) is 10.7. The van der Waals surface area contributed by atoms with Gasteiger partial charge in [-0.15, -0.1) is 0 Å². The molecule has 0 aliphatic rings. The number of hydrogen-bond donors (Lipinski definition) is 1. The van der Waals surface area contributed by atoms with Gasteiger partial charge in [-0.1, -0.05) is 0 Å². The van der Waals surface area contributed by atoms with Gasteiger partial charge in [0, 0.05) is 5.56 Å². The molecule has 15 heavy (non-hydrogen) atoms. The van der Waals surface area contributed by atoms with Crippen molar-refractivity contribution in [3.8, 4) is 5.75 Å². The molecule has 0 radical (unpaired) electrons. The van der Waals surface area contributed by atoms with Crippen molar-refractivity contribution >= 4 is 5.97 Å². The Labute approximate surface area is 87.5 Å². The number of ether oxygens (including phenoxy) is 1. The van der Waals surface area contributed by atoms with Crippen molar-refractivity contribution in [3.63, 3.8) is 0 Å². The van der Waals surface area contributed by atoms with Crippen LogP contribution in [0.3, 0.4) is 0 Å². The van der Waals surface area contributed by atoms with Gasteiger partial charge >= 0.3 is 5.97 Å². The maximum atomic E-state index is 13.4. The molecule has 3 nitrogen and oxygen atoms in total. The number of hydrogen-bond acceptors (Lipinski definition) is 2. The standard InChI is InChI=1S/C11H13FO3/c1-6(11(13)14)8-4-9(12)7(2)10(5-8)15-3/h4-6H,1-3H3,(H,13,14). The van der Waals surface area contributed by atoms with Crippen molar-refractivity contribution in [1.82, 2.24) is 0 Å². The van der Waals surface area contributed by atoms with Crippen molar-refractivity contribution in [2.75, 3.05) is 7.11 Å². The molecule has 1 atom stereocenters. The Balaban J connectivity index is 3.22. The Morgan fingerprint density at radius 3 is 2.60 bits per heavy atom. The Hall–Kier alpha value is -1.58. The minimum Gasteiger partial charge on any atom is -0.496 e. The normalized spacial score (nSPS) is 12.3. The summed E-state index contributed by atoms with van der Waals surface area (Å²) in [6.45, 7) is 3.09. The van der Waals surface area contributed by atoms with Gasteiger partial charge in [0.25, 0.3) is 0 Å². The molecule has 1 aromatic rings. The fraction of sp³-hybridized carbons (Fsp3) is 0.364. The number of carboxylic acids is 1. The van der Waals surface area contributed by atoms with Crippen molar-refractivity contribution in [3.05, 3.63) is 29.1 Å². The first-order valence-electron chi connectivity index (χ1n) is 4.54. The quantitative estimate of drug-likeness (QED) is 0.836. The highest BCUT2D eigenvalue weighted by Gasteiger charge is 2.17. The van der Waals surface area contributed by atoms with Gasteiger partial charge in [0.15, 0.2) is 0 Å². The highest BCUT2D eigenvalue weighted by atomic mass is 19.1. The molecule has 4 heteroatoms. The molecule has 0 amide bonds. The lowest BCUT2D eigenvalue weighted by atomic mass is 9.99. The van der Waals surface area contributed by atoms with E-state index in [9.17, 15) is 9.18 Å². The van der Waals surface area contributed by atoms with E-state index in [0.29, 0.717) is 16.9 Å². The number of carboxylic acid groups (broad SMARTS) is 1. The van der Waals surface area contributed by atoms with E-state index in [1.807, 2.05) is 0 Å². The Bertz CT molecular complexity index is 388. The zero-order chi connectivity index (χ0) is 11.6. The van der Waals surface area contributed by atoms with E-state index in [4.69, 9.17) is 9.84 Å². The second kappa shape index (κ2) is 4.29. The van der Waals surface area contributed by atoms with Crippen LogP contribution in [0.2, 0.25) is 0 Å². The van der Waals surface area contributed by atoms with Crippen LogP contribution in [-0.4, -0.2) is 18.2 Å². The van der Waals surface area contributed by atoms with Crippen LogP contribution >= 0.6 is 0 Å². The summed E-state index contributed by atoms with van der Waals surface area (Å²) >= 11 is 0. The SMILES string of the molecule is COc1cc(C(C)C(=O)O)cc(F)c1C. The van der Waals surface area contributed by atoms with E-state index in [2.05, 4.69) is 0 Å². The maximum absolute atomic E-state index is 13.4. The van der Waals surface area contributed by atoms with Crippen LogP contribution in [0.5, 0.6) is 5.75 Å². The third-order valence-corrected chi connectivity index (χ3v) is 2.41. The third-order valence-electron chi connectivity index (χ3n) is 2.41. The third kappa shape index (κ3) is 2.26. The first-order valence-corrected chi connectivity index (χ1v) is 4.54. The minimum atomic E-state index is -0.986. The number of carbonyl (C=O) groups is 1. The summed E-state index contributed by atoms with van der Waals surface area (Å²) in [5.41, 5.74) is 0.793. The van der Waals surface area contributed by atoms with Crippen LogP contribution in [-0.2, 0) is 4.79 Å². The van der Waals surface area contributed by atoms with Crippen molar-refractivity contribution in [1.29, 1.82) is 0 Å². The topological polar surface area (TPSA) is 46.5 Å². The zero-order valence-electron chi connectivity index (χ0n) is 8.87. The smallest absolute Gasteiger partial charge is 0.310 e. The molecule has 1 N–H and O–H groups in total. The highest BCUT2D eigenvalue weighted by molar-refractivity contribution is 5.75. The molecule has 1 rings (SSSR count). The van der Waals surface area contributed by atoms with E-state index < -0.39 is 17.7 Å². The van der Waals surface area contributed by atoms with Crippen LogP contribution in [0, 0.1) is 12.7 Å². The Morgan fingerprint density at radius 2 is 2.13 bits per heavy atom. The van der Waals surface area contributed by atoms with Gasteiger partial charge in [-0.25, -0.2) is 4.39 Å². The molecule has 0 saturated heterocycles. The molecule has 0 aliphatic carbocycles. The fourth-order valence-corrected chi connectivity index (χ4v) is 1.28. The second-order valence-electron chi connectivity index (χ2n) is 3.39. The number of methoxy groups -OCH3 is 1. The summed E-state index contributed by atoms with van der Waals surface area (Å²) < 4.78 is 18.3. The molecule has 0 fully saturated rings. The molecule has 0 saturated carbocycles. The van der Waals surface area contributed by atoms with E-state index in [0.717, 1.165) is 0 Å². The number of aliphatic carboxylic acids is 1. The average molecular weight is 212 g/mol. The first kappa shape index (κ1) is 11.5. The molecule has 0 aliphatic heterocycles. The number of halogens is 1. The van der Waals surface area contributed by atoms with E-state index >= 15 is 0 Å². The van der Waals surface area contributed by atoms with E-state index in [1.54, 1.807) is 13.0 Å². The molecular weight excluding hydrogens is 199 g/mol. The van der Waals surface area contributed by atoms with Crippen LogP contribution in [0.1, 0.15) is 24.0 Å². The van der Waals surface area contributed by atoms with Gasteiger partial charge in [-0.05, 0) is 31.5 Å². The van der Waals surface area contributed by atoms with Gasteiger partial charge in [-0.2, -0.15) is 0 Å². The maximum Gasteiger partial charge on any atom is 0.310 e. The van der Waals surface area contributed by atoms with Crippen LogP contribution in [0.15, 0.2) is 12.1 Å². The van der Waals surface area contributed by atoms with Gasteiger partial charge in [0.05, 0.1) is 13.0 Å². The summed E-state index contributed by atoms with van der Waals surface area (Å²) in [6.07, 6.45) is 0.